The second-order valence-corrected chi connectivity index (χ2v) is 6.27. The van der Waals surface area contributed by atoms with E-state index in [9.17, 15) is 8.42 Å². The number of aromatic nitrogens is 2. The highest BCUT2D eigenvalue weighted by Gasteiger charge is 2.15. The number of rotatable bonds is 7. The summed E-state index contributed by atoms with van der Waals surface area (Å²) in [5, 5.41) is 2.98. The first kappa shape index (κ1) is 15.5. The molecule has 2 heterocycles. The molecule has 8 heteroatoms. The van der Waals surface area contributed by atoms with E-state index < -0.39 is 10.0 Å². The van der Waals surface area contributed by atoms with E-state index in [0.29, 0.717) is 11.7 Å². The number of hydrogen-bond acceptors (Lipinski definition) is 6. The molecule has 0 bridgehead atoms. The van der Waals surface area contributed by atoms with E-state index >= 15 is 0 Å². The van der Waals surface area contributed by atoms with Gasteiger partial charge in [0.25, 0.3) is 0 Å². The highest BCUT2D eigenvalue weighted by atomic mass is 32.2. The SMILES string of the molecule is CCCNc1ncc(S(=O)(=O)NCc2ccc(C)o2)cn1. The van der Waals surface area contributed by atoms with Gasteiger partial charge in [-0.25, -0.2) is 23.1 Å². The number of nitrogens with one attached hydrogen (secondary N) is 2. The van der Waals surface area contributed by atoms with Gasteiger partial charge in [-0.3, -0.25) is 0 Å². The Labute approximate surface area is 123 Å². The first-order valence-electron chi connectivity index (χ1n) is 6.62. The maximum atomic E-state index is 12.1. The van der Waals surface area contributed by atoms with Gasteiger partial charge in [0.1, 0.15) is 16.4 Å². The third-order valence-corrected chi connectivity index (χ3v) is 4.06. The van der Waals surface area contributed by atoms with Crippen LogP contribution in [0.15, 0.2) is 33.8 Å². The predicted molar refractivity (Wildman–Crippen MR) is 78.3 cm³/mol. The van der Waals surface area contributed by atoms with Gasteiger partial charge in [0.2, 0.25) is 16.0 Å². The largest absolute Gasteiger partial charge is 0.465 e. The molecule has 0 unspecified atom stereocenters. The van der Waals surface area contributed by atoms with Crippen molar-refractivity contribution in [1.82, 2.24) is 14.7 Å². The number of nitrogens with zero attached hydrogens (tertiary/aromatic N) is 2. The normalized spacial score (nSPS) is 11.5. The van der Waals surface area contributed by atoms with Gasteiger partial charge in [0, 0.05) is 6.54 Å². The third-order valence-electron chi connectivity index (χ3n) is 2.70. The summed E-state index contributed by atoms with van der Waals surface area (Å²) in [6.07, 6.45) is 3.49. The van der Waals surface area contributed by atoms with Crippen LogP contribution >= 0.6 is 0 Å². The van der Waals surface area contributed by atoms with E-state index in [2.05, 4.69) is 20.0 Å². The summed E-state index contributed by atoms with van der Waals surface area (Å²) < 4.78 is 31.9. The first-order valence-corrected chi connectivity index (χ1v) is 8.10. The molecule has 114 valence electrons. The van der Waals surface area contributed by atoms with Crippen molar-refractivity contribution in [3.8, 4) is 0 Å². The zero-order chi connectivity index (χ0) is 15.3. The van der Waals surface area contributed by atoms with Crippen LogP contribution in [0.4, 0.5) is 5.95 Å². The van der Waals surface area contributed by atoms with Gasteiger partial charge in [0.15, 0.2) is 0 Å². The molecule has 0 saturated carbocycles. The molecule has 0 atom stereocenters. The van der Waals surface area contributed by atoms with Crippen molar-refractivity contribution < 1.29 is 12.8 Å². The van der Waals surface area contributed by atoms with Gasteiger partial charge >= 0.3 is 0 Å². The zero-order valence-corrected chi connectivity index (χ0v) is 12.8. The highest BCUT2D eigenvalue weighted by Crippen LogP contribution is 2.10. The van der Waals surface area contributed by atoms with Crippen LogP contribution < -0.4 is 10.0 Å². The average molecular weight is 310 g/mol. The van der Waals surface area contributed by atoms with E-state index in [1.807, 2.05) is 6.92 Å². The average Bonchev–Trinajstić information content (AvgIpc) is 2.89. The predicted octanol–water partition coefficient (Wildman–Crippen LogP) is 1.68. The maximum absolute atomic E-state index is 12.1. The number of aryl methyl sites for hydroxylation is 1. The fourth-order valence-corrected chi connectivity index (χ4v) is 2.49. The Hall–Kier alpha value is -1.93. The third kappa shape index (κ3) is 4.27. The van der Waals surface area contributed by atoms with E-state index in [-0.39, 0.29) is 11.4 Å². The van der Waals surface area contributed by atoms with Crippen LogP contribution in [0.5, 0.6) is 0 Å². The quantitative estimate of drug-likeness (QED) is 0.807. The summed E-state index contributed by atoms with van der Waals surface area (Å²) in [6.45, 7) is 4.65. The molecular formula is C13H18N4O3S. The molecule has 2 rings (SSSR count). The molecule has 7 nitrogen and oxygen atoms in total. The van der Waals surface area contributed by atoms with Crippen LogP contribution in [0.2, 0.25) is 0 Å². The van der Waals surface area contributed by atoms with E-state index in [1.54, 1.807) is 19.1 Å². The molecule has 2 N–H and O–H groups in total. The molecule has 0 aliphatic rings. The summed E-state index contributed by atoms with van der Waals surface area (Å²) in [5.74, 6) is 1.70. The lowest BCUT2D eigenvalue weighted by atomic mass is 10.4. The Morgan fingerprint density at radius 1 is 1.24 bits per heavy atom. The molecule has 2 aromatic heterocycles. The number of furan rings is 1. The minimum atomic E-state index is -3.65. The van der Waals surface area contributed by atoms with Crippen LogP contribution in [0.1, 0.15) is 24.9 Å². The summed E-state index contributed by atoms with van der Waals surface area (Å²) in [7, 11) is -3.65. The van der Waals surface area contributed by atoms with Gasteiger partial charge in [-0.05, 0) is 25.5 Å². The topological polar surface area (TPSA) is 97.1 Å². The van der Waals surface area contributed by atoms with E-state index in [1.165, 1.54) is 12.4 Å². The Balaban J connectivity index is 2.01. The Morgan fingerprint density at radius 2 is 1.95 bits per heavy atom. The van der Waals surface area contributed by atoms with Gasteiger partial charge in [-0.15, -0.1) is 0 Å². The van der Waals surface area contributed by atoms with E-state index in [0.717, 1.165) is 18.7 Å². The minimum absolute atomic E-state index is 0.0211. The first-order chi connectivity index (χ1) is 10.0. The molecule has 0 aliphatic heterocycles. The Bertz CT molecular complexity index is 680. The number of anilines is 1. The molecule has 0 fully saturated rings. The summed E-state index contributed by atoms with van der Waals surface area (Å²) >= 11 is 0. The second kappa shape index (κ2) is 6.68. The van der Waals surface area contributed by atoms with Crippen molar-refractivity contribution in [3.63, 3.8) is 0 Å². The molecule has 0 aromatic carbocycles. The molecule has 0 spiro atoms. The van der Waals surface area contributed by atoms with Crippen LogP contribution in [0, 0.1) is 6.92 Å². The molecular weight excluding hydrogens is 292 g/mol. The summed E-state index contributed by atoms with van der Waals surface area (Å²) in [6, 6.07) is 3.51. The van der Waals surface area contributed by atoms with Gasteiger partial charge in [0.05, 0.1) is 18.9 Å². The molecule has 0 amide bonds. The molecule has 0 saturated heterocycles. The number of hydrogen-bond donors (Lipinski definition) is 2. The van der Waals surface area contributed by atoms with Gasteiger partial charge < -0.3 is 9.73 Å². The smallest absolute Gasteiger partial charge is 0.244 e. The summed E-state index contributed by atoms with van der Waals surface area (Å²) in [4.78, 5) is 7.97. The standard InChI is InChI=1S/C13H18N4O3S/c1-3-6-14-13-15-8-12(9-16-13)21(18,19)17-7-11-5-4-10(2)20-11/h4-5,8-9,17H,3,6-7H2,1-2H3,(H,14,15,16). The van der Waals surface area contributed by atoms with Crippen molar-refractivity contribution in [2.45, 2.75) is 31.7 Å². The Morgan fingerprint density at radius 3 is 2.52 bits per heavy atom. The fraction of sp³-hybridized carbons (Fsp3) is 0.385. The fourth-order valence-electron chi connectivity index (χ4n) is 1.61. The van der Waals surface area contributed by atoms with Crippen molar-refractivity contribution >= 4 is 16.0 Å². The van der Waals surface area contributed by atoms with Crippen molar-refractivity contribution in [2.24, 2.45) is 0 Å². The van der Waals surface area contributed by atoms with Crippen LogP contribution in [0.3, 0.4) is 0 Å². The minimum Gasteiger partial charge on any atom is -0.465 e. The lowest BCUT2D eigenvalue weighted by Gasteiger charge is -2.06. The number of sulfonamides is 1. The Kier molecular flexibility index (Phi) is 4.92. The lowest BCUT2D eigenvalue weighted by Crippen LogP contribution is -2.23. The van der Waals surface area contributed by atoms with Crippen LogP contribution in [0.25, 0.3) is 0 Å². The molecule has 2 aromatic rings. The molecule has 0 aliphatic carbocycles. The van der Waals surface area contributed by atoms with Gasteiger partial charge in [-0.1, -0.05) is 6.92 Å². The van der Waals surface area contributed by atoms with Gasteiger partial charge in [-0.2, -0.15) is 0 Å². The highest BCUT2D eigenvalue weighted by molar-refractivity contribution is 7.89. The van der Waals surface area contributed by atoms with Crippen molar-refractivity contribution in [2.75, 3.05) is 11.9 Å². The summed E-state index contributed by atoms with van der Waals surface area (Å²) in [5.41, 5.74) is 0. The molecule has 21 heavy (non-hydrogen) atoms. The maximum Gasteiger partial charge on any atom is 0.244 e. The monoisotopic (exact) mass is 310 g/mol. The molecule has 0 radical (unpaired) electrons. The lowest BCUT2D eigenvalue weighted by molar-refractivity contribution is 0.475. The van der Waals surface area contributed by atoms with Crippen LogP contribution in [-0.2, 0) is 16.6 Å². The van der Waals surface area contributed by atoms with E-state index in [4.69, 9.17) is 4.42 Å². The van der Waals surface area contributed by atoms with Crippen molar-refractivity contribution in [3.05, 3.63) is 36.0 Å². The zero-order valence-electron chi connectivity index (χ0n) is 12.0. The van der Waals surface area contributed by atoms with Crippen LogP contribution in [-0.4, -0.2) is 24.9 Å². The van der Waals surface area contributed by atoms with Crippen molar-refractivity contribution in [1.29, 1.82) is 0 Å². The second-order valence-electron chi connectivity index (χ2n) is 4.51.